The summed E-state index contributed by atoms with van der Waals surface area (Å²) in [7, 11) is 1.26. The van der Waals surface area contributed by atoms with Gasteiger partial charge in [0.2, 0.25) is 5.91 Å². The first-order chi connectivity index (χ1) is 18.8. The zero-order valence-corrected chi connectivity index (χ0v) is 22.8. The Morgan fingerprint density at radius 1 is 0.795 bits per heavy atom. The van der Waals surface area contributed by atoms with E-state index in [0.29, 0.717) is 25.8 Å². The van der Waals surface area contributed by atoms with Crippen molar-refractivity contribution in [2.75, 3.05) is 13.7 Å². The Kier molecular flexibility index (Phi) is 13.9. The Hall–Kier alpha value is -4.08. The number of amides is 3. The molecular weight excluding hydrogens is 502 g/mol. The summed E-state index contributed by atoms with van der Waals surface area (Å²) in [5, 5.41) is 8.00. The van der Waals surface area contributed by atoms with Crippen molar-refractivity contribution in [3.05, 3.63) is 71.8 Å². The molecule has 3 atom stereocenters. The number of nitrogens with one attached hydrogen (secondary N) is 3. The van der Waals surface area contributed by atoms with Crippen LogP contribution in [0.25, 0.3) is 0 Å². The smallest absolute Gasteiger partial charge is 0.408 e. The Bertz CT molecular complexity index is 1030. The Morgan fingerprint density at radius 2 is 1.36 bits per heavy atom. The molecule has 0 saturated heterocycles. The number of esters is 1. The van der Waals surface area contributed by atoms with E-state index < -0.39 is 36.1 Å². The van der Waals surface area contributed by atoms with E-state index in [4.69, 9.17) is 14.2 Å². The number of carbonyl (C=O) groups is 4. The predicted molar refractivity (Wildman–Crippen MR) is 145 cm³/mol. The van der Waals surface area contributed by atoms with Crippen molar-refractivity contribution in [2.45, 2.75) is 64.8 Å². The molecule has 0 heterocycles. The van der Waals surface area contributed by atoms with Crippen molar-refractivity contribution in [3.63, 3.8) is 0 Å². The molecule has 0 unspecified atom stereocenters. The van der Waals surface area contributed by atoms with Crippen molar-refractivity contribution < 1.29 is 33.4 Å². The third kappa shape index (κ3) is 11.9. The molecule has 2 aromatic carbocycles. The van der Waals surface area contributed by atoms with E-state index in [1.54, 1.807) is 0 Å². The van der Waals surface area contributed by atoms with Crippen LogP contribution >= 0.6 is 0 Å². The molecule has 0 radical (unpaired) electrons. The number of rotatable bonds is 15. The number of alkyl carbamates (subject to hydrolysis) is 2. The zero-order chi connectivity index (χ0) is 28.5. The quantitative estimate of drug-likeness (QED) is 0.176. The van der Waals surface area contributed by atoms with Gasteiger partial charge in [0.15, 0.2) is 0 Å². The molecule has 0 aliphatic heterocycles. The van der Waals surface area contributed by atoms with Crippen LogP contribution in [-0.4, -0.2) is 49.8 Å². The molecule has 0 fully saturated rings. The Balaban J connectivity index is 1.88. The number of hydrogen-bond donors (Lipinski definition) is 3. The van der Waals surface area contributed by atoms with Crippen molar-refractivity contribution in [2.24, 2.45) is 5.92 Å². The number of benzene rings is 2. The summed E-state index contributed by atoms with van der Waals surface area (Å²) in [6.45, 7) is 4.29. The van der Waals surface area contributed by atoms with Crippen LogP contribution in [0.2, 0.25) is 0 Å². The fourth-order valence-corrected chi connectivity index (χ4v) is 3.66. The van der Waals surface area contributed by atoms with Crippen LogP contribution in [0.1, 0.15) is 50.7 Å². The second-order valence-corrected chi connectivity index (χ2v) is 9.14. The molecule has 2 aromatic rings. The summed E-state index contributed by atoms with van der Waals surface area (Å²) < 4.78 is 15.3. The highest BCUT2D eigenvalue weighted by Crippen LogP contribution is 2.11. The topological polar surface area (TPSA) is 132 Å². The van der Waals surface area contributed by atoms with Crippen LogP contribution in [0.3, 0.4) is 0 Å². The van der Waals surface area contributed by atoms with Crippen LogP contribution in [0.15, 0.2) is 60.7 Å². The van der Waals surface area contributed by atoms with Gasteiger partial charge in [-0.1, -0.05) is 80.9 Å². The number of unbranched alkanes of at least 4 members (excludes halogenated alkanes) is 1. The van der Waals surface area contributed by atoms with Crippen LogP contribution in [0.4, 0.5) is 9.59 Å². The van der Waals surface area contributed by atoms with E-state index in [1.165, 1.54) is 7.11 Å². The van der Waals surface area contributed by atoms with Gasteiger partial charge in [-0.05, 0) is 36.3 Å². The lowest BCUT2D eigenvalue weighted by molar-refractivity contribution is -0.146. The van der Waals surface area contributed by atoms with Crippen molar-refractivity contribution in [1.29, 1.82) is 0 Å². The van der Waals surface area contributed by atoms with E-state index in [1.807, 2.05) is 74.5 Å². The Labute approximate surface area is 229 Å². The normalized spacial score (nSPS) is 12.8. The van der Waals surface area contributed by atoms with Gasteiger partial charge >= 0.3 is 18.2 Å². The van der Waals surface area contributed by atoms with E-state index in [0.717, 1.165) is 11.1 Å². The van der Waals surface area contributed by atoms with Crippen LogP contribution in [0.5, 0.6) is 0 Å². The molecule has 0 spiro atoms. The summed E-state index contributed by atoms with van der Waals surface area (Å²) >= 11 is 0. The van der Waals surface area contributed by atoms with Crippen molar-refractivity contribution in [3.8, 4) is 0 Å². The summed E-state index contributed by atoms with van der Waals surface area (Å²) in [6, 6.07) is 16.7. The third-order valence-corrected chi connectivity index (χ3v) is 6.19. The molecule has 0 bridgehead atoms. The monoisotopic (exact) mass is 541 g/mol. The van der Waals surface area contributed by atoms with Gasteiger partial charge in [0, 0.05) is 6.54 Å². The van der Waals surface area contributed by atoms with Gasteiger partial charge in [-0.2, -0.15) is 0 Å². The molecule has 0 saturated carbocycles. The zero-order valence-electron chi connectivity index (χ0n) is 22.8. The first-order valence-corrected chi connectivity index (χ1v) is 13.1. The number of hydrogen-bond acceptors (Lipinski definition) is 7. The second-order valence-electron chi connectivity index (χ2n) is 9.14. The lowest BCUT2D eigenvalue weighted by Crippen LogP contribution is -2.53. The third-order valence-electron chi connectivity index (χ3n) is 6.19. The lowest BCUT2D eigenvalue weighted by Gasteiger charge is -2.25. The maximum absolute atomic E-state index is 13.1. The molecule has 3 N–H and O–H groups in total. The van der Waals surface area contributed by atoms with Crippen molar-refractivity contribution >= 4 is 24.1 Å². The fourth-order valence-electron chi connectivity index (χ4n) is 3.66. The van der Waals surface area contributed by atoms with Gasteiger partial charge in [-0.15, -0.1) is 0 Å². The SMILES string of the molecule is CC[C@@H](C)[C@H](NC(=O)[C@@H](CCCCNC(=O)OCc1ccccc1)NC(=O)OCc1ccccc1)C(=O)OC. The molecular formula is C29H39N3O7. The van der Waals surface area contributed by atoms with Gasteiger partial charge in [-0.3, -0.25) is 4.79 Å². The molecule has 212 valence electrons. The molecule has 3 amide bonds. The highest BCUT2D eigenvalue weighted by atomic mass is 16.6. The van der Waals surface area contributed by atoms with Crippen LogP contribution < -0.4 is 16.0 Å². The van der Waals surface area contributed by atoms with Crippen LogP contribution in [-0.2, 0) is 37.0 Å². The minimum atomic E-state index is -0.950. The summed E-state index contributed by atoms with van der Waals surface area (Å²) in [5.41, 5.74) is 1.69. The van der Waals surface area contributed by atoms with E-state index in [9.17, 15) is 19.2 Å². The fraction of sp³-hybridized carbons (Fsp3) is 0.448. The average molecular weight is 542 g/mol. The number of carbonyl (C=O) groups excluding carboxylic acids is 4. The van der Waals surface area contributed by atoms with Gasteiger partial charge < -0.3 is 30.2 Å². The summed E-state index contributed by atoms with van der Waals surface area (Å²) in [6.07, 6.45) is 0.661. The molecule has 0 aliphatic carbocycles. The van der Waals surface area contributed by atoms with Gasteiger partial charge in [0.25, 0.3) is 0 Å². The highest BCUT2D eigenvalue weighted by Gasteiger charge is 2.30. The molecule has 0 aromatic heterocycles. The van der Waals surface area contributed by atoms with Gasteiger partial charge in [0.1, 0.15) is 25.3 Å². The number of ether oxygens (including phenoxy) is 3. The van der Waals surface area contributed by atoms with Gasteiger partial charge in [0.05, 0.1) is 7.11 Å². The van der Waals surface area contributed by atoms with Crippen LogP contribution in [0, 0.1) is 5.92 Å². The standard InChI is InChI=1S/C29H39N3O7/c1-4-21(2)25(27(34)37-3)32-26(33)24(31-29(36)39-20-23-15-9-6-10-16-23)17-11-12-18-30-28(35)38-19-22-13-7-5-8-14-22/h5-10,13-16,21,24-25H,4,11-12,17-20H2,1-3H3,(H,30,35)(H,31,36)(H,32,33)/t21-,24-,25+/m1/s1. The van der Waals surface area contributed by atoms with E-state index >= 15 is 0 Å². The average Bonchev–Trinajstić information content (AvgIpc) is 2.97. The van der Waals surface area contributed by atoms with Gasteiger partial charge in [-0.25, -0.2) is 14.4 Å². The lowest BCUT2D eigenvalue weighted by atomic mass is 9.98. The Morgan fingerprint density at radius 3 is 1.90 bits per heavy atom. The number of methoxy groups -OCH3 is 1. The minimum absolute atomic E-state index is 0.0493. The maximum atomic E-state index is 13.1. The highest BCUT2D eigenvalue weighted by molar-refractivity contribution is 5.89. The summed E-state index contributed by atoms with van der Waals surface area (Å²) in [4.78, 5) is 49.8. The largest absolute Gasteiger partial charge is 0.467 e. The van der Waals surface area contributed by atoms with Crippen molar-refractivity contribution in [1.82, 2.24) is 16.0 Å². The second kappa shape index (κ2) is 17.4. The van der Waals surface area contributed by atoms with E-state index in [-0.39, 0.29) is 25.6 Å². The minimum Gasteiger partial charge on any atom is -0.467 e. The molecule has 39 heavy (non-hydrogen) atoms. The van der Waals surface area contributed by atoms with E-state index in [2.05, 4.69) is 16.0 Å². The first-order valence-electron chi connectivity index (χ1n) is 13.1. The molecule has 0 aliphatic rings. The molecule has 10 nitrogen and oxygen atoms in total. The summed E-state index contributed by atoms with van der Waals surface area (Å²) in [5.74, 6) is -1.24. The molecule has 2 rings (SSSR count). The maximum Gasteiger partial charge on any atom is 0.408 e. The molecule has 10 heteroatoms. The predicted octanol–water partition coefficient (Wildman–Crippen LogP) is 4.08. The first kappa shape index (κ1) is 31.1.